The molecule has 10 nitrogen and oxygen atoms in total. The molecule has 2 amide bonds. The highest BCUT2D eigenvalue weighted by molar-refractivity contribution is 5.94. The monoisotopic (exact) mass is 477 g/mol. The van der Waals surface area contributed by atoms with E-state index in [-0.39, 0.29) is 39.1 Å². The number of rotatable bonds is 9. The van der Waals surface area contributed by atoms with Crippen LogP contribution in [0.25, 0.3) is 0 Å². The molecule has 34 heavy (non-hydrogen) atoms. The smallest absolute Gasteiger partial charge is 0.410 e. The van der Waals surface area contributed by atoms with Crippen molar-refractivity contribution in [2.24, 2.45) is 0 Å². The minimum Gasteiger partial charge on any atom is -0.460 e. The zero-order valence-corrected chi connectivity index (χ0v) is 20.3. The van der Waals surface area contributed by atoms with Crippen LogP contribution < -0.4 is 10.6 Å². The first-order valence-corrected chi connectivity index (χ1v) is 11.5. The lowest BCUT2D eigenvalue weighted by molar-refractivity contribution is -0.155. The molecule has 188 valence electrons. The van der Waals surface area contributed by atoms with Crippen LogP contribution in [0.5, 0.6) is 0 Å². The summed E-state index contributed by atoms with van der Waals surface area (Å²) < 4.78 is 15.7. The number of hydrogen-bond donors (Lipinski definition) is 2. The van der Waals surface area contributed by atoms with Gasteiger partial charge in [0.25, 0.3) is 0 Å². The van der Waals surface area contributed by atoms with E-state index in [2.05, 4.69) is 10.6 Å². The minimum atomic E-state index is -1.06. The molecule has 2 atom stereocenters. The van der Waals surface area contributed by atoms with Crippen molar-refractivity contribution in [1.29, 1.82) is 0 Å². The van der Waals surface area contributed by atoms with Crippen LogP contribution in [0.3, 0.4) is 0 Å². The Kier molecular flexibility index (Phi) is 10.3. The number of ether oxygens (including phenoxy) is 3. The van der Waals surface area contributed by atoms with Gasteiger partial charge in [0, 0.05) is 26.1 Å². The van der Waals surface area contributed by atoms with Gasteiger partial charge in [0.15, 0.2) is 5.78 Å². The Morgan fingerprint density at radius 3 is 2.50 bits per heavy atom. The Morgan fingerprint density at radius 2 is 1.85 bits per heavy atom. The van der Waals surface area contributed by atoms with Crippen LogP contribution in [0.15, 0.2) is 30.3 Å². The van der Waals surface area contributed by atoms with Crippen LogP contribution in [0, 0.1) is 0 Å². The molecule has 2 rings (SSSR count). The van der Waals surface area contributed by atoms with Gasteiger partial charge in [0.2, 0.25) is 0 Å². The van der Waals surface area contributed by atoms with E-state index in [1.54, 1.807) is 27.7 Å². The molecule has 2 N–H and O–H groups in total. The highest BCUT2D eigenvalue weighted by Gasteiger charge is 2.37. The van der Waals surface area contributed by atoms with Crippen molar-refractivity contribution in [3.05, 3.63) is 35.9 Å². The molecule has 1 aromatic rings. The Hall–Kier alpha value is -3.14. The van der Waals surface area contributed by atoms with Gasteiger partial charge >= 0.3 is 18.2 Å². The average Bonchev–Trinajstić information content (AvgIpc) is 2.79. The predicted octanol–water partition coefficient (Wildman–Crippen LogP) is 2.40. The highest BCUT2D eigenvalue weighted by Crippen LogP contribution is 2.15. The molecule has 1 saturated heterocycles. The normalized spacial score (nSPS) is 16.8. The second kappa shape index (κ2) is 12.9. The maximum atomic E-state index is 13.4. The number of hydrogen-bond acceptors (Lipinski definition) is 8. The van der Waals surface area contributed by atoms with E-state index in [0.29, 0.717) is 6.54 Å². The van der Waals surface area contributed by atoms with Crippen LogP contribution in [-0.2, 0) is 30.4 Å². The van der Waals surface area contributed by atoms with Gasteiger partial charge in [-0.15, -0.1) is 0 Å². The van der Waals surface area contributed by atoms with E-state index in [9.17, 15) is 19.2 Å². The molecule has 0 saturated carbocycles. The second-order valence-corrected chi connectivity index (χ2v) is 8.90. The third-order valence-corrected chi connectivity index (χ3v) is 4.98. The molecule has 1 aliphatic rings. The average molecular weight is 478 g/mol. The Balaban J connectivity index is 2.10. The minimum absolute atomic E-state index is 0.00134. The lowest BCUT2D eigenvalue weighted by atomic mass is 9.98. The Morgan fingerprint density at radius 1 is 1.15 bits per heavy atom. The molecular formula is C24H35N3O7. The van der Waals surface area contributed by atoms with Crippen molar-refractivity contribution in [3.63, 3.8) is 0 Å². The van der Waals surface area contributed by atoms with Crippen molar-refractivity contribution in [1.82, 2.24) is 15.5 Å². The third kappa shape index (κ3) is 9.01. The molecule has 0 aromatic heterocycles. The number of benzene rings is 1. The van der Waals surface area contributed by atoms with E-state index >= 15 is 0 Å². The standard InChI is InChI=1S/C24H35N3O7/c1-5-32-23(31)27-14-13-25-15-19(27)21(29)18(11-12-20(28)34-24(2,3)4)26-22(30)33-16-17-9-7-6-8-10-17/h6-10,18-19,25H,5,11-16H2,1-4H3,(H,26,30)/t18-,19?/m0/s1. The van der Waals surface area contributed by atoms with Crippen molar-refractivity contribution >= 4 is 23.9 Å². The van der Waals surface area contributed by atoms with Crippen molar-refractivity contribution in [2.75, 3.05) is 26.2 Å². The summed E-state index contributed by atoms with van der Waals surface area (Å²) in [5.41, 5.74) is 0.117. The molecule has 0 aliphatic carbocycles. The number of nitrogens with zero attached hydrogens (tertiary/aromatic N) is 1. The van der Waals surface area contributed by atoms with Crippen LogP contribution >= 0.6 is 0 Å². The molecule has 0 bridgehead atoms. The summed E-state index contributed by atoms with van der Waals surface area (Å²) in [7, 11) is 0. The number of Topliss-reactive ketones (excluding diaryl/α,β-unsaturated/α-hetero) is 1. The van der Waals surface area contributed by atoms with Gasteiger partial charge < -0.3 is 24.8 Å². The number of nitrogens with one attached hydrogen (secondary N) is 2. The summed E-state index contributed by atoms with van der Waals surface area (Å²) in [4.78, 5) is 51.9. The van der Waals surface area contributed by atoms with Gasteiger partial charge in [-0.25, -0.2) is 9.59 Å². The third-order valence-electron chi connectivity index (χ3n) is 4.98. The van der Waals surface area contributed by atoms with Crippen LogP contribution in [0.1, 0.15) is 46.1 Å². The fourth-order valence-electron chi connectivity index (χ4n) is 3.46. The number of carbonyl (C=O) groups is 4. The van der Waals surface area contributed by atoms with Crippen LogP contribution in [0.2, 0.25) is 0 Å². The summed E-state index contributed by atoms with van der Waals surface area (Å²) in [5.74, 6) is -0.908. The maximum absolute atomic E-state index is 13.4. The zero-order valence-electron chi connectivity index (χ0n) is 20.3. The van der Waals surface area contributed by atoms with E-state index in [0.717, 1.165) is 5.56 Å². The SMILES string of the molecule is CCOC(=O)N1CCNCC1C(=O)[C@H](CCC(=O)OC(C)(C)C)NC(=O)OCc1ccccc1. The molecule has 1 fully saturated rings. The van der Waals surface area contributed by atoms with Gasteiger partial charge in [0.1, 0.15) is 18.2 Å². The fourth-order valence-corrected chi connectivity index (χ4v) is 3.46. The lowest BCUT2D eigenvalue weighted by Gasteiger charge is -2.36. The zero-order chi connectivity index (χ0) is 25.1. The first kappa shape index (κ1) is 27.1. The largest absolute Gasteiger partial charge is 0.460 e. The van der Waals surface area contributed by atoms with Gasteiger partial charge in [-0.3, -0.25) is 14.5 Å². The molecule has 1 heterocycles. The first-order valence-electron chi connectivity index (χ1n) is 11.5. The van der Waals surface area contributed by atoms with Gasteiger partial charge in [-0.2, -0.15) is 0 Å². The molecule has 1 aromatic carbocycles. The number of alkyl carbamates (subject to hydrolysis) is 1. The second-order valence-electron chi connectivity index (χ2n) is 8.90. The Labute approximate surface area is 200 Å². The molecule has 1 unspecified atom stereocenters. The number of piperazine rings is 1. The molecule has 1 aliphatic heterocycles. The number of amides is 2. The first-order chi connectivity index (χ1) is 16.1. The summed E-state index contributed by atoms with van der Waals surface area (Å²) in [6.45, 7) is 8.14. The number of carbonyl (C=O) groups excluding carboxylic acids is 4. The van der Waals surface area contributed by atoms with Crippen LogP contribution in [0.4, 0.5) is 9.59 Å². The van der Waals surface area contributed by atoms with Crippen molar-refractivity contribution < 1.29 is 33.4 Å². The topological polar surface area (TPSA) is 123 Å². The molecule has 0 spiro atoms. The van der Waals surface area contributed by atoms with Crippen molar-refractivity contribution in [2.45, 2.75) is 64.8 Å². The molecule has 10 heteroatoms. The van der Waals surface area contributed by atoms with Crippen molar-refractivity contribution in [3.8, 4) is 0 Å². The quantitative estimate of drug-likeness (QED) is 0.411. The van der Waals surface area contributed by atoms with E-state index in [1.807, 2.05) is 30.3 Å². The highest BCUT2D eigenvalue weighted by atomic mass is 16.6. The summed E-state index contributed by atoms with van der Waals surface area (Å²) in [5, 5.41) is 5.66. The molecular weight excluding hydrogens is 442 g/mol. The van der Waals surface area contributed by atoms with E-state index in [1.165, 1.54) is 4.90 Å². The maximum Gasteiger partial charge on any atom is 0.410 e. The van der Waals surface area contributed by atoms with E-state index in [4.69, 9.17) is 14.2 Å². The number of esters is 1. The number of ketones is 1. The van der Waals surface area contributed by atoms with E-state index < -0.39 is 41.6 Å². The Bertz CT molecular complexity index is 839. The van der Waals surface area contributed by atoms with Gasteiger partial charge in [0.05, 0.1) is 12.6 Å². The summed E-state index contributed by atoms with van der Waals surface area (Å²) in [6, 6.07) is 7.20. The van der Waals surface area contributed by atoms with Crippen LogP contribution in [-0.4, -0.2) is 72.8 Å². The molecule has 0 radical (unpaired) electrons. The lowest BCUT2D eigenvalue weighted by Crippen LogP contribution is -2.61. The van der Waals surface area contributed by atoms with Gasteiger partial charge in [-0.1, -0.05) is 30.3 Å². The van der Waals surface area contributed by atoms with Gasteiger partial charge in [-0.05, 0) is 39.7 Å². The summed E-state index contributed by atoms with van der Waals surface area (Å²) >= 11 is 0. The summed E-state index contributed by atoms with van der Waals surface area (Å²) in [6.07, 6.45) is -1.48. The predicted molar refractivity (Wildman–Crippen MR) is 124 cm³/mol. The fraction of sp³-hybridized carbons (Fsp3) is 0.583.